The zero-order valence-electron chi connectivity index (χ0n) is 27.4. The quantitative estimate of drug-likeness (QED) is 0.190. The van der Waals surface area contributed by atoms with E-state index in [0.29, 0.717) is 56.1 Å². The molecule has 3 saturated heterocycles. The normalized spacial score (nSPS) is 38.4. The largest absolute Gasteiger partial charge is 0.442 e. The van der Waals surface area contributed by atoms with E-state index in [1.807, 2.05) is 19.1 Å². The van der Waals surface area contributed by atoms with Gasteiger partial charge in [-0.05, 0) is 95.6 Å². The predicted octanol–water partition coefficient (Wildman–Crippen LogP) is 4.94. The first-order valence-electron chi connectivity index (χ1n) is 16.4. The maximum atomic E-state index is 12.8. The van der Waals surface area contributed by atoms with Gasteiger partial charge in [0.1, 0.15) is 23.9 Å². The fourth-order valence-electron chi connectivity index (χ4n) is 7.39. The number of ketones is 2. The Labute approximate surface area is 262 Å². The standard InChI is InChI=1S/C35H53NO8/c1-22(10-14-31-32(40)35(21-42-35)19-34(6,20-37)44-31)9-12-27-16-24(3)28(17-23(27)2)18-29(39)13-11-25(4)43-33(41)36-15-7-8-30(36)26(5)38/h9-11,13-14,23-25,27-28,30-32,37,40H,7-8,12,15-21H2,1-6H3/b13-11-,14-10+,22-9+/t23-,24-,25-,27+,28-,30?,31?,32+,34-,35+/m0/s1. The number of nitrogens with zero attached hydrogens (tertiary/aromatic N) is 1. The van der Waals surface area contributed by atoms with Gasteiger partial charge in [0, 0.05) is 19.4 Å². The molecule has 0 aromatic carbocycles. The molecule has 9 nitrogen and oxygen atoms in total. The second-order valence-corrected chi connectivity index (χ2v) is 14.2. The zero-order chi connectivity index (χ0) is 32.2. The molecule has 0 bridgehead atoms. The summed E-state index contributed by atoms with van der Waals surface area (Å²) in [5, 5.41) is 20.6. The van der Waals surface area contributed by atoms with Crippen LogP contribution in [-0.2, 0) is 23.8 Å². The summed E-state index contributed by atoms with van der Waals surface area (Å²) in [4.78, 5) is 38.6. The Bertz CT molecular complexity index is 1140. The summed E-state index contributed by atoms with van der Waals surface area (Å²) in [6.45, 7) is 12.5. The van der Waals surface area contributed by atoms with Gasteiger partial charge < -0.3 is 24.4 Å². The third kappa shape index (κ3) is 8.47. The number of epoxide rings is 1. The zero-order valence-corrected chi connectivity index (χ0v) is 27.4. The smallest absolute Gasteiger partial charge is 0.410 e. The number of amides is 1. The van der Waals surface area contributed by atoms with Crippen LogP contribution in [0.5, 0.6) is 0 Å². The number of aliphatic hydroxyl groups is 2. The molecule has 0 aromatic heterocycles. The number of allylic oxidation sites excluding steroid dienone is 4. The van der Waals surface area contributed by atoms with E-state index in [9.17, 15) is 24.6 Å². The van der Waals surface area contributed by atoms with Crippen LogP contribution in [0.4, 0.5) is 4.79 Å². The third-order valence-corrected chi connectivity index (χ3v) is 10.3. The van der Waals surface area contributed by atoms with Crippen molar-refractivity contribution in [3.63, 3.8) is 0 Å². The lowest BCUT2D eigenvalue weighted by molar-refractivity contribution is -0.192. The summed E-state index contributed by atoms with van der Waals surface area (Å²) >= 11 is 0. The van der Waals surface area contributed by atoms with Crippen LogP contribution in [0.15, 0.2) is 36.0 Å². The average molecular weight is 616 g/mol. The Balaban J connectivity index is 1.22. The van der Waals surface area contributed by atoms with E-state index < -0.39 is 41.6 Å². The van der Waals surface area contributed by atoms with E-state index in [1.165, 1.54) is 11.8 Å². The van der Waals surface area contributed by atoms with Crippen molar-refractivity contribution >= 4 is 17.7 Å². The molecular formula is C35H53NO8. The molecule has 1 spiro atoms. The van der Waals surface area contributed by atoms with E-state index >= 15 is 0 Å². The van der Waals surface area contributed by atoms with E-state index in [2.05, 4.69) is 26.8 Å². The number of Topliss-reactive ketones (excluding diaryl/α,β-unsaturated/α-hetero) is 1. The SMILES string of the molecule is CC(=O)C1CCCN1C(=O)O[C@@H](C)/C=C\C(=O)C[C@@H]1C[C@H](C)[C@H](C/C=C(C)/C=C/C2O[C@](C)(CO)C[C@@]3(CO3)[C@@H]2O)C[C@@H]1C. The Morgan fingerprint density at radius 3 is 2.45 bits per heavy atom. The van der Waals surface area contributed by atoms with Crippen molar-refractivity contribution in [3.8, 4) is 0 Å². The van der Waals surface area contributed by atoms with Crippen LogP contribution in [0.25, 0.3) is 0 Å². The van der Waals surface area contributed by atoms with Gasteiger partial charge in [-0.25, -0.2) is 4.79 Å². The van der Waals surface area contributed by atoms with E-state index in [-0.39, 0.29) is 18.2 Å². The second kappa shape index (κ2) is 14.4. The van der Waals surface area contributed by atoms with Crippen molar-refractivity contribution in [3.05, 3.63) is 36.0 Å². The first kappa shape index (κ1) is 34.5. The molecule has 2 unspecified atom stereocenters. The van der Waals surface area contributed by atoms with Crippen LogP contribution in [0.1, 0.15) is 86.5 Å². The first-order chi connectivity index (χ1) is 20.8. The van der Waals surface area contributed by atoms with Gasteiger partial charge in [0.25, 0.3) is 0 Å². The number of hydrogen-bond donors (Lipinski definition) is 2. The monoisotopic (exact) mass is 615 g/mol. The predicted molar refractivity (Wildman–Crippen MR) is 167 cm³/mol. The molecule has 246 valence electrons. The van der Waals surface area contributed by atoms with E-state index in [0.717, 1.165) is 31.3 Å². The minimum absolute atomic E-state index is 0.0290. The second-order valence-electron chi connectivity index (χ2n) is 14.2. The molecule has 9 heteroatoms. The maximum Gasteiger partial charge on any atom is 0.410 e. The van der Waals surface area contributed by atoms with Gasteiger partial charge in [0.05, 0.1) is 24.9 Å². The van der Waals surface area contributed by atoms with Crippen LogP contribution in [-0.4, -0.2) is 88.1 Å². The lowest BCUT2D eigenvalue weighted by atomic mass is 9.67. The van der Waals surface area contributed by atoms with Crippen LogP contribution in [0, 0.1) is 23.7 Å². The van der Waals surface area contributed by atoms with E-state index in [1.54, 1.807) is 19.1 Å². The Morgan fingerprint density at radius 2 is 1.80 bits per heavy atom. The molecule has 3 heterocycles. The number of aliphatic hydroxyl groups excluding tert-OH is 2. The van der Waals surface area contributed by atoms with Crippen molar-refractivity contribution in [2.45, 2.75) is 122 Å². The molecule has 1 amide bonds. The highest BCUT2D eigenvalue weighted by molar-refractivity contribution is 5.90. The fourth-order valence-corrected chi connectivity index (χ4v) is 7.39. The molecule has 0 aromatic rings. The lowest BCUT2D eigenvalue weighted by Gasteiger charge is -2.42. The minimum atomic E-state index is -0.756. The van der Waals surface area contributed by atoms with Gasteiger partial charge in [0.15, 0.2) is 11.6 Å². The van der Waals surface area contributed by atoms with Crippen LogP contribution in [0.3, 0.4) is 0 Å². The number of rotatable bonds is 11. The molecule has 1 aliphatic carbocycles. The van der Waals surface area contributed by atoms with Gasteiger partial charge in [-0.1, -0.05) is 37.6 Å². The molecule has 3 aliphatic heterocycles. The fraction of sp³-hybridized carbons (Fsp3) is 0.743. The number of carbonyl (C=O) groups is 3. The number of ether oxygens (including phenoxy) is 3. The Morgan fingerprint density at radius 1 is 1.11 bits per heavy atom. The van der Waals surface area contributed by atoms with Crippen LogP contribution < -0.4 is 0 Å². The van der Waals surface area contributed by atoms with Crippen molar-refractivity contribution in [2.75, 3.05) is 19.8 Å². The molecule has 4 rings (SSSR count). The average Bonchev–Trinajstić information content (AvgIpc) is 3.54. The van der Waals surface area contributed by atoms with Gasteiger partial charge in [0.2, 0.25) is 0 Å². The van der Waals surface area contributed by atoms with Crippen molar-refractivity contribution in [1.29, 1.82) is 0 Å². The Kier molecular flexibility index (Phi) is 11.3. The van der Waals surface area contributed by atoms with Gasteiger partial charge >= 0.3 is 6.09 Å². The molecule has 10 atom stereocenters. The summed E-state index contributed by atoms with van der Waals surface area (Å²) < 4.78 is 17.1. The first-order valence-corrected chi connectivity index (χ1v) is 16.4. The number of carbonyl (C=O) groups excluding carboxylic acids is 3. The molecule has 4 aliphatic rings. The molecule has 2 N–H and O–H groups in total. The molecule has 0 radical (unpaired) electrons. The summed E-state index contributed by atoms with van der Waals surface area (Å²) in [6.07, 6.45) is 12.4. The topological polar surface area (TPSA) is 126 Å². The van der Waals surface area contributed by atoms with Crippen molar-refractivity contribution in [2.24, 2.45) is 23.7 Å². The molecule has 4 fully saturated rings. The molecule has 1 saturated carbocycles. The highest BCUT2D eigenvalue weighted by atomic mass is 16.6. The highest BCUT2D eigenvalue weighted by Crippen LogP contribution is 2.46. The van der Waals surface area contributed by atoms with E-state index in [4.69, 9.17) is 14.2 Å². The van der Waals surface area contributed by atoms with Gasteiger partial charge in [-0.3, -0.25) is 14.5 Å². The number of likely N-dealkylation sites (tertiary alicyclic amines) is 1. The minimum Gasteiger partial charge on any atom is -0.442 e. The van der Waals surface area contributed by atoms with Gasteiger partial charge in [-0.15, -0.1) is 0 Å². The summed E-state index contributed by atoms with van der Waals surface area (Å²) in [6, 6.07) is -0.408. The maximum absolute atomic E-state index is 12.8. The van der Waals surface area contributed by atoms with Crippen LogP contribution in [0.2, 0.25) is 0 Å². The molecular weight excluding hydrogens is 562 g/mol. The summed E-state index contributed by atoms with van der Waals surface area (Å²) in [5.74, 6) is 1.75. The Hall–Kier alpha value is -2.33. The summed E-state index contributed by atoms with van der Waals surface area (Å²) in [7, 11) is 0. The van der Waals surface area contributed by atoms with Gasteiger partial charge in [-0.2, -0.15) is 0 Å². The van der Waals surface area contributed by atoms with Crippen molar-refractivity contribution in [1.82, 2.24) is 4.90 Å². The number of hydrogen-bond acceptors (Lipinski definition) is 8. The summed E-state index contributed by atoms with van der Waals surface area (Å²) in [5.41, 5.74) is -0.242. The highest BCUT2D eigenvalue weighted by Gasteiger charge is 2.61. The molecule has 44 heavy (non-hydrogen) atoms. The lowest BCUT2D eigenvalue weighted by Crippen LogP contribution is -2.56. The van der Waals surface area contributed by atoms with Crippen LogP contribution >= 0.6 is 0 Å². The third-order valence-electron chi connectivity index (χ3n) is 10.3. The van der Waals surface area contributed by atoms with Crippen molar-refractivity contribution < 1.29 is 38.8 Å².